The van der Waals surface area contributed by atoms with Crippen molar-refractivity contribution in [1.29, 1.82) is 0 Å². The third kappa shape index (κ3) is 1.85. The molecular weight excluding hydrogens is 142 g/mol. The highest BCUT2D eigenvalue weighted by molar-refractivity contribution is 5.40. The lowest BCUT2D eigenvalue weighted by atomic mass is 10.2. The van der Waals surface area contributed by atoms with Gasteiger partial charge in [-0.25, -0.2) is 0 Å². The van der Waals surface area contributed by atoms with E-state index in [1.807, 2.05) is 0 Å². The smallest absolute Gasteiger partial charge is 0.157 e. The van der Waals surface area contributed by atoms with Gasteiger partial charge in [-0.2, -0.15) is 7.05 Å². The first kappa shape index (κ1) is 7.88. The van der Waals surface area contributed by atoms with Crippen LogP contribution in [0.4, 0.5) is 0 Å². The summed E-state index contributed by atoms with van der Waals surface area (Å²) in [5.74, 6) is -0.165. The summed E-state index contributed by atoms with van der Waals surface area (Å²) < 4.78 is 0. The van der Waals surface area contributed by atoms with E-state index in [2.05, 4.69) is 7.05 Å². The molecule has 0 saturated heterocycles. The van der Waals surface area contributed by atoms with Crippen LogP contribution in [0, 0.1) is 7.05 Å². The Morgan fingerprint density at radius 2 is 2.00 bits per heavy atom. The normalized spacial score (nSPS) is 9.91. The minimum atomic E-state index is -0.0854. The second kappa shape index (κ2) is 3.25. The van der Waals surface area contributed by atoms with Gasteiger partial charge < -0.3 is 15.5 Å². The summed E-state index contributed by atoms with van der Waals surface area (Å²) in [5, 5.41) is 19.7. The highest BCUT2D eigenvalue weighted by Crippen LogP contribution is 2.24. The Balaban J connectivity index is 2.86. The summed E-state index contributed by atoms with van der Waals surface area (Å²) in [4.78, 5) is 0. The van der Waals surface area contributed by atoms with Crippen LogP contribution in [-0.2, 0) is 6.54 Å². The Morgan fingerprint density at radius 1 is 1.27 bits per heavy atom. The fraction of sp³-hybridized carbons (Fsp3) is 0.125. The van der Waals surface area contributed by atoms with Crippen molar-refractivity contribution in [3.8, 4) is 11.5 Å². The Bertz CT molecular complexity index is 248. The van der Waals surface area contributed by atoms with E-state index >= 15 is 0 Å². The molecule has 0 aliphatic heterocycles. The summed E-state index contributed by atoms with van der Waals surface area (Å²) in [6, 6.07) is 4.74. The molecule has 60 valence electrons. The SMILES string of the molecule is [CH2-][NH2+]Cc1ccc(O)c(O)c1. The molecular formula is C8H11NO2. The molecule has 0 radical (unpaired) electrons. The molecule has 4 N–H and O–H groups in total. The van der Waals surface area contributed by atoms with Crippen molar-refractivity contribution in [3.63, 3.8) is 0 Å². The number of hydrogen-bond acceptors (Lipinski definition) is 2. The van der Waals surface area contributed by atoms with E-state index in [1.165, 1.54) is 12.1 Å². The molecule has 0 amide bonds. The van der Waals surface area contributed by atoms with E-state index in [-0.39, 0.29) is 11.5 Å². The maximum atomic E-state index is 9.04. The third-order valence-electron chi connectivity index (χ3n) is 1.42. The zero-order valence-corrected chi connectivity index (χ0v) is 6.12. The summed E-state index contributed by atoms with van der Waals surface area (Å²) in [6.45, 7) is 0.702. The molecule has 0 spiro atoms. The average molecular weight is 153 g/mol. The molecule has 0 unspecified atom stereocenters. The van der Waals surface area contributed by atoms with Gasteiger partial charge in [0.15, 0.2) is 11.5 Å². The molecule has 1 rings (SSSR count). The Kier molecular flexibility index (Phi) is 2.33. The van der Waals surface area contributed by atoms with Crippen molar-refractivity contribution < 1.29 is 15.5 Å². The van der Waals surface area contributed by atoms with E-state index in [1.54, 1.807) is 11.4 Å². The number of quaternary nitrogens is 1. The topological polar surface area (TPSA) is 57.1 Å². The van der Waals surface area contributed by atoms with Crippen molar-refractivity contribution >= 4 is 0 Å². The Hall–Kier alpha value is -1.22. The number of hydrogen-bond donors (Lipinski definition) is 3. The first-order chi connectivity index (χ1) is 5.24. The van der Waals surface area contributed by atoms with Crippen LogP contribution >= 0.6 is 0 Å². The molecule has 0 aliphatic carbocycles. The molecule has 3 heteroatoms. The molecule has 11 heavy (non-hydrogen) atoms. The van der Waals surface area contributed by atoms with E-state index in [0.29, 0.717) is 6.54 Å². The first-order valence-electron chi connectivity index (χ1n) is 3.36. The van der Waals surface area contributed by atoms with Gasteiger partial charge >= 0.3 is 0 Å². The molecule has 0 bridgehead atoms. The molecule has 0 aromatic heterocycles. The van der Waals surface area contributed by atoms with Crippen LogP contribution in [0.5, 0.6) is 11.5 Å². The minimum absolute atomic E-state index is 0.0793. The van der Waals surface area contributed by atoms with Crippen molar-refractivity contribution in [3.05, 3.63) is 30.8 Å². The molecule has 1 aromatic carbocycles. The van der Waals surface area contributed by atoms with E-state index in [4.69, 9.17) is 10.2 Å². The maximum Gasteiger partial charge on any atom is 0.157 e. The molecule has 0 saturated carbocycles. The van der Waals surface area contributed by atoms with Crippen LogP contribution in [-0.4, -0.2) is 10.2 Å². The molecule has 0 aliphatic rings. The minimum Gasteiger partial charge on any atom is -0.504 e. The summed E-state index contributed by atoms with van der Waals surface area (Å²) in [6.07, 6.45) is 0. The lowest BCUT2D eigenvalue weighted by molar-refractivity contribution is -0.612. The van der Waals surface area contributed by atoms with Crippen molar-refractivity contribution in [2.24, 2.45) is 0 Å². The number of phenolic OH excluding ortho intramolecular Hbond substituents is 2. The quantitative estimate of drug-likeness (QED) is 0.412. The second-order valence-electron chi connectivity index (χ2n) is 2.32. The van der Waals surface area contributed by atoms with Crippen molar-refractivity contribution in [2.45, 2.75) is 6.54 Å². The predicted molar refractivity (Wildman–Crippen MR) is 40.8 cm³/mol. The third-order valence-corrected chi connectivity index (χ3v) is 1.42. The van der Waals surface area contributed by atoms with E-state index in [0.717, 1.165) is 5.56 Å². The van der Waals surface area contributed by atoms with Gasteiger partial charge in [-0.05, 0) is 18.2 Å². The van der Waals surface area contributed by atoms with Crippen LogP contribution in [0.25, 0.3) is 0 Å². The van der Waals surface area contributed by atoms with Crippen LogP contribution < -0.4 is 5.32 Å². The first-order valence-corrected chi connectivity index (χ1v) is 3.36. The molecule has 1 aromatic rings. The van der Waals surface area contributed by atoms with Gasteiger partial charge in [0.1, 0.15) is 0 Å². The monoisotopic (exact) mass is 153 g/mol. The van der Waals surface area contributed by atoms with Gasteiger partial charge in [-0.15, -0.1) is 0 Å². The second-order valence-corrected chi connectivity index (χ2v) is 2.32. The van der Waals surface area contributed by atoms with Gasteiger partial charge in [-0.3, -0.25) is 0 Å². The number of phenols is 2. The molecule has 0 fully saturated rings. The largest absolute Gasteiger partial charge is 0.504 e. The number of aromatic hydroxyl groups is 2. The van der Waals surface area contributed by atoms with Crippen molar-refractivity contribution in [2.75, 3.05) is 0 Å². The average Bonchev–Trinajstić information content (AvgIpc) is 1.98. The molecule has 0 heterocycles. The maximum absolute atomic E-state index is 9.04. The fourth-order valence-electron chi connectivity index (χ4n) is 0.863. The predicted octanol–water partition coefficient (Wildman–Crippen LogP) is -0.0472. The van der Waals surface area contributed by atoms with Crippen LogP contribution in [0.15, 0.2) is 18.2 Å². The highest BCUT2D eigenvalue weighted by atomic mass is 16.3. The Morgan fingerprint density at radius 3 is 2.55 bits per heavy atom. The molecule has 3 nitrogen and oxygen atoms in total. The Labute approximate surface area is 65.3 Å². The lowest BCUT2D eigenvalue weighted by Crippen LogP contribution is -2.74. The summed E-state index contributed by atoms with van der Waals surface area (Å²) >= 11 is 0. The van der Waals surface area contributed by atoms with Gasteiger partial charge in [0.05, 0.1) is 6.54 Å². The number of benzene rings is 1. The van der Waals surface area contributed by atoms with Gasteiger partial charge in [0, 0.05) is 5.56 Å². The van der Waals surface area contributed by atoms with E-state index in [9.17, 15) is 0 Å². The van der Waals surface area contributed by atoms with Gasteiger partial charge in [-0.1, -0.05) is 0 Å². The van der Waals surface area contributed by atoms with Crippen LogP contribution in [0.1, 0.15) is 5.56 Å². The number of rotatable bonds is 2. The lowest BCUT2D eigenvalue weighted by Gasteiger charge is -2.02. The standard InChI is InChI=1S/C8H11NO2/c1-9-5-6-2-3-7(10)8(11)4-6/h2-4,10-11H,1,5,9H2. The zero-order chi connectivity index (χ0) is 8.27. The summed E-state index contributed by atoms with van der Waals surface area (Å²) in [7, 11) is 3.56. The number of nitrogens with two attached hydrogens (primary N) is 1. The van der Waals surface area contributed by atoms with Crippen LogP contribution in [0.3, 0.4) is 0 Å². The van der Waals surface area contributed by atoms with Gasteiger partial charge in [0.25, 0.3) is 0 Å². The highest BCUT2D eigenvalue weighted by Gasteiger charge is 1.99. The van der Waals surface area contributed by atoms with Crippen molar-refractivity contribution in [1.82, 2.24) is 0 Å². The summed E-state index contributed by atoms with van der Waals surface area (Å²) in [5.41, 5.74) is 0.940. The fourth-order valence-corrected chi connectivity index (χ4v) is 0.863. The van der Waals surface area contributed by atoms with E-state index < -0.39 is 0 Å². The van der Waals surface area contributed by atoms with Crippen LogP contribution in [0.2, 0.25) is 0 Å². The molecule has 0 atom stereocenters. The van der Waals surface area contributed by atoms with Gasteiger partial charge in [0.2, 0.25) is 0 Å². The zero-order valence-electron chi connectivity index (χ0n) is 6.12.